The number of hydrogen-bond acceptors (Lipinski definition) is 5. The van der Waals surface area contributed by atoms with Crippen molar-refractivity contribution in [3.63, 3.8) is 0 Å². The van der Waals surface area contributed by atoms with Crippen LogP contribution in [-0.2, 0) is 0 Å². The first-order valence-electron chi connectivity index (χ1n) is 9.78. The quantitative estimate of drug-likeness (QED) is 0.661. The van der Waals surface area contributed by atoms with Gasteiger partial charge in [-0.05, 0) is 37.7 Å². The van der Waals surface area contributed by atoms with E-state index in [1.54, 1.807) is 4.90 Å². The van der Waals surface area contributed by atoms with E-state index in [1.807, 2.05) is 37.4 Å². The Bertz CT molecular complexity index is 1100. The summed E-state index contributed by atoms with van der Waals surface area (Å²) in [6.07, 6.45) is 0.773. The molecular formula is C22H20F2N4O2. The van der Waals surface area contributed by atoms with Crippen LogP contribution in [0, 0.1) is 17.0 Å². The molecule has 0 aliphatic carbocycles. The molecule has 8 heteroatoms. The van der Waals surface area contributed by atoms with Gasteiger partial charge in [-0.25, -0.2) is 8.78 Å². The first-order chi connectivity index (χ1) is 14.4. The highest BCUT2D eigenvalue weighted by atomic mass is 19.1. The molecule has 1 spiro atoms. The van der Waals surface area contributed by atoms with E-state index < -0.39 is 17.5 Å². The third-order valence-electron chi connectivity index (χ3n) is 5.99. The van der Waals surface area contributed by atoms with Gasteiger partial charge in [0.05, 0.1) is 11.6 Å². The average Bonchev–Trinajstić information content (AvgIpc) is 3.32. The van der Waals surface area contributed by atoms with Gasteiger partial charge in [-0.2, -0.15) is 0 Å². The zero-order valence-electron chi connectivity index (χ0n) is 16.4. The second-order valence-electron chi connectivity index (χ2n) is 8.23. The second kappa shape index (κ2) is 6.98. The monoisotopic (exact) mass is 410 g/mol. The highest BCUT2D eigenvalue weighted by Gasteiger charge is 2.53. The van der Waals surface area contributed by atoms with Crippen LogP contribution in [0.1, 0.15) is 28.7 Å². The Morgan fingerprint density at radius 2 is 1.87 bits per heavy atom. The molecule has 3 aromatic rings. The summed E-state index contributed by atoms with van der Waals surface area (Å²) in [5.41, 5.74) is 0.680. The standard InChI is InChI=1S/C22H20F2N4O2/c1-27-11-22(12-28(13-22)21(29)16-8-7-15(23)9-17(16)24)10-18(27)20-26-25-19(30-20)14-5-3-2-4-6-14/h2-9,18H,10-13H2,1H3. The summed E-state index contributed by atoms with van der Waals surface area (Å²) >= 11 is 0. The fraction of sp³-hybridized carbons (Fsp3) is 0.318. The van der Waals surface area contributed by atoms with E-state index in [4.69, 9.17) is 4.42 Å². The van der Waals surface area contributed by atoms with Gasteiger partial charge < -0.3 is 9.32 Å². The predicted octanol–water partition coefficient (Wildman–Crippen LogP) is 3.53. The smallest absolute Gasteiger partial charge is 0.256 e. The van der Waals surface area contributed by atoms with Gasteiger partial charge >= 0.3 is 0 Å². The van der Waals surface area contributed by atoms with Gasteiger partial charge in [0, 0.05) is 36.7 Å². The van der Waals surface area contributed by atoms with Crippen molar-refractivity contribution in [2.24, 2.45) is 5.41 Å². The van der Waals surface area contributed by atoms with Crippen LogP contribution in [-0.4, -0.2) is 52.6 Å². The summed E-state index contributed by atoms with van der Waals surface area (Å²) in [5.74, 6) is -0.895. The topological polar surface area (TPSA) is 62.5 Å². The number of aromatic nitrogens is 2. The molecule has 2 fully saturated rings. The Morgan fingerprint density at radius 1 is 1.10 bits per heavy atom. The van der Waals surface area contributed by atoms with Crippen molar-refractivity contribution in [1.82, 2.24) is 20.0 Å². The molecule has 30 heavy (non-hydrogen) atoms. The number of halogens is 2. The van der Waals surface area contributed by atoms with Crippen LogP contribution in [0.4, 0.5) is 8.78 Å². The van der Waals surface area contributed by atoms with Gasteiger partial charge in [0.25, 0.3) is 5.91 Å². The number of nitrogens with zero attached hydrogens (tertiary/aromatic N) is 4. The lowest BCUT2D eigenvalue weighted by Gasteiger charge is -2.48. The minimum atomic E-state index is -0.832. The number of rotatable bonds is 3. The molecule has 0 saturated carbocycles. The minimum Gasteiger partial charge on any atom is -0.419 e. The Hall–Kier alpha value is -3.13. The molecule has 1 amide bonds. The number of hydrogen-bond donors (Lipinski definition) is 0. The lowest BCUT2D eigenvalue weighted by Crippen LogP contribution is -2.59. The normalized spacial score (nSPS) is 20.5. The van der Waals surface area contributed by atoms with E-state index in [0.717, 1.165) is 30.7 Å². The Balaban J connectivity index is 1.28. The summed E-state index contributed by atoms with van der Waals surface area (Å²) in [4.78, 5) is 16.4. The van der Waals surface area contributed by atoms with Crippen molar-refractivity contribution >= 4 is 5.91 Å². The van der Waals surface area contributed by atoms with Crippen LogP contribution in [0.2, 0.25) is 0 Å². The van der Waals surface area contributed by atoms with Crippen LogP contribution in [0.3, 0.4) is 0 Å². The van der Waals surface area contributed by atoms with Crippen molar-refractivity contribution in [2.75, 3.05) is 26.7 Å². The third-order valence-corrected chi connectivity index (χ3v) is 5.99. The molecule has 0 bridgehead atoms. The summed E-state index contributed by atoms with van der Waals surface area (Å²) in [7, 11) is 2.00. The van der Waals surface area contributed by atoms with E-state index in [2.05, 4.69) is 15.1 Å². The molecule has 0 N–H and O–H groups in total. The number of carbonyl (C=O) groups is 1. The summed E-state index contributed by atoms with van der Waals surface area (Å²) < 4.78 is 33.0. The van der Waals surface area contributed by atoms with E-state index >= 15 is 0 Å². The van der Waals surface area contributed by atoms with Gasteiger partial charge in [-0.1, -0.05) is 18.2 Å². The number of carbonyl (C=O) groups excluding carboxylic acids is 1. The Morgan fingerprint density at radius 3 is 2.60 bits per heavy atom. The number of amides is 1. The molecule has 5 rings (SSSR count). The lowest BCUT2D eigenvalue weighted by atomic mass is 9.77. The molecule has 2 aliphatic rings. The van der Waals surface area contributed by atoms with Crippen molar-refractivity contribution < 1.29 is 18.0 Å². The van der Waals surface area contributed by atoms with Gasteiger partial charge in [0.1, 0.15) is 11.6 Å². The maximum Gasteiger partial charge on any atom is 0.256 e. The first-order valence-corrected chi connectivity index (χ1v) is 9.78. The molecule has 0 radical (unpaired) electrons. The third kappa shape index (κ3) is 3.17. The molecule has 1 unspecified atom stereocenters. The summed E-state index contributed by atoms with van der Waals surface area (Å²) in [5, 5.41) is 8.42. The Labute approximate surface area is 172 Å². The van der Waals surface area contributed by atoms with Crippen LogP contribution in [0.25, 0.3) is 11.5 Å². The summed E-state index contributed by atoms with van der Waals surface area (Å²) in [6, 6.07) is 12.6. The van der Waals surface area contributed by atoms with Crippen molar-refractivity contribution in [2.45, 2.75) is 12.5 Å². The second-order valence-corrected chi connectivity index (χ2v) is 8.23. The molecule has 1 aromatic heterocycles. The number of likely N-dealkylation sites (tertiary alicyclic amines) is 2. The molecule has 154 valence electrons. The predicted molar refractivity (Wildman–Crippen MR) is 104 cm³/mol. The molecule has 2 aromatic carbocycles. The first kappa shape index (κ1) is 18.9. The van der Waals surface area contributed by atoms with Crippen molar-refractivity contribution in [3.05, 3.63) is 71.6 Å². The summed E-state index contributed by atoms with van der Waals surface area (Å²) in [6.45, 7) is 1.81. The van der Waals surface area contributed by atoms with Crippen LogP contribution in [0.15, 0.2) is 52.9 Å². The van der Waals surface area contributed by atoms with E-state index in [9.17, 15) is 13.6 Å². The molecule has 2 aliphatic heterocycles. The van der Waals surface area contributed by atoms with Crippen molar-refractivity contribution in [1.29, 1.82) is 0 Å². The highest BCUT2D eigenvalue weighted by molar-refractivity contribution is 5.95. The van der Waals surface area contributed by atoms with Gasteiger partial charge in [0.15, 0.2) is 0 Å². The highest BCUT2D eigenvalue weighted by Crippen LogP contribution is 2.48. The van der Waals surface area contributed by atoms with Crippen LogP contribution < -0.4 is 0 Å². The fourth-order valence-electron chi connectivity index (χ4n) is 4.58. The fourth-order valence-corrected chi connectivity index (χ4v) is 4.58. The van der Waals surface area contributed by atoms with E-state index in [-0.39, 0.29) is 17.0 Å². The lowest BCUT2D eigenvalue weighted by molar-refractivity contribution is 0.0111. The molecule has 3 heterocycles. The molecular weight excluding hydrogens is 390 g/mol. The van der Waals surface area contributed by atoms with Gasteiger partial charge in [-0.15, -0.1) is 10.2 Å². The van der Waals surface area contributed by atoms with Crippen molar-refractivity contribution in [3.8, 4) is 11.5 Å². The van der Waals surface area contributed by atoms with Gasteiger partial charge in [-0.3, -0.25) is 9.69 Å². The SMILES string of the molecule is CN1CC2(CC1c1nnc(-c3ccccc3)o1)CN(C(=O)c1ccc(F)cc1F)C2. The van der Waals surface area contributed by atoms with Crippen LogP contribution >= 0.6 is 0 Å². The largest absolute Gasteiger partial charge is 0.419 e. The number of benzene rings is 2. The Kier molecular flexibility index (Phi) is 4.39. The minimum absolute atomic E-state index is 0.0326. The maximum absolute atomic E-state index is 14.0. The van der Waals surface area contributed by atoms with E-state index in [0.29, 0.717) is 24.9 Å². The zero-order valence-corrected chi connectivity index (χ0v) is 16.4. The van der Waals surface area contributed by atoms with Gasteiger partial charge in [0.2, 0.25) is 11.8 Å². The average molecular weight is 410 g/mol. The molecule has 1 atom stereocenters. The molecule has 6 nitrogen and oxygen atoms in total. The zero-order chi connectivity index (χ0) is 20.9. The molecule has 2 saturated heterocycles. The van der Waals surface area contributed by atoms with Crippen LogP contribution in [0.5, 0.6) is 0 Å². The maximum atomic E-state index is 14.0. The van der Waals surface area contributed by atoms with E-state index in [1.165, 1.54) is 6.07 Å².